The highest BCUT2D eigenvalue weighted by atomic mass is 16.5. The molecule has 0 aliphatic heterocycles. The number of ether oxygens (including phenoxy) is 1. The van der Waals surface area contributed by atoms with Crippen LogP contribution in [-0.4, -0.2) is 26.1 Å². The van der Waals surface area contributed by atoms with Crippen LogP contribution in [0.15, 0.2) is 18.2 Å². The third-order valence-corrected chi connectivity index (χ3v) is 4.87. The van der Waals surface area contributed by atoms with Gasteiger partial charge in [-0.15, -0.1) is 0 Å². The molecular weight excluding hydrogens is 276 g/mol. The van der Waals surface area contributed by atoms with Gasteiger partial charge in [0.2, 0.25) is 5.91 Å². The lowest BCUT2D eigenvalue weighted by molar-refractivity contribution is -0.126. The molecule has 1 saturated carbocycles. The molecule has 0 heterocycles. The summed E-state index contributed by atoms with van der Waals surface area (Å²) < 4.78 is 5.44. The molecule has 22 heavy (non-hydrogen) atoms. The van der Waals surface area contributed by atoms with E-state index in [2.05, 4.69) is 18.3 Å². The number of carbonyl (C=O) groups excluding carboxylic acids is 1. The van der Waals surface area contributed by atoms with Gasteiger partial charge in [0, 0.05) is 6.54 Å². The second-order valence-corrected chi connectivity index (χ2v) is 6.52. The van der Waals surface area contributed by atoms with Gasteiger partial charge in [0.1, 0.15) is 5.75 Å². The summed E-state index contributed by atoms with van der Waals surface area (Å²) in [4.78, 5) is 12.9. The molecule has 1 fully saturated rings. The molecule has 0 spiro atoms. The lowest BCUT2D eigenvalue weighted by atomic mass is 9.77. The van der Waals surface area contributed by atoms with Crippen LogP contribution in [-0.2, 0) is 10.2 Å². The predicted octanol–water partition coefficient (Wildman–Crippen LogP) is 2.53. The van der Waals surface area contributed by atoms with E-state index in [0.29, 0.717) is 19.0 Å². The van der Waals surface area contributed by atoms with Gasteiger partial charge in [-0.05, 0) is 49.4 Å². The van der Waals surface area contributed by atoms with Crippen LogP contribution in [0.5, 0.6) is 5.75 Å². The molecule has 1 unspecified atom stereocenters. The summed E-state index contributed by atoms with van der Waals surface area (Å²) >= 11 is 0. The number of nitrogens with two attached hydrogens (primary N) is 1. The zero-order valence-corrected chi connectivity index (χ0v) is 13.9. The molecule has 1 aliphatic carbocycles. The Kier molecular flexibility index (Phi) is 5.46. The molecule has 1 aromatic carbocycles. The Morgan fingerprint density at radius 1 is 1.41 bits per heavy atom. The molecule has 1 aliphatic rings. The first kappa shape index (κ1) is 16.8. The van der Waals surface area contributed by atoms with Crippen molar-refractivity contribution in [3.05, 3.63) is 29.3 Å². The van der Waals surface area contributed by atoms with Gasteiger partial charge >= 0.3 is 0 Å². The molecule has 2 rings (SSSR count). The Bertz CT molecular complexity index is 522. The third-order valence-electron chi connectivity index (χ3n) is 4.87. The molecule has 1 amide bonds. The number of rotatable bonds is 6. The quantitative estimate of drug-likeness (QED) is 0.849. The van der Waals surface area contributed by atoms with Gasteiger partial charge in [0.25, 0.3) is 0 Å². The summed E-state index contributed by atoms with van der Waals surface area (Å²) in [5, 5.41) is 3.11. The monoisotopic (exact) mass is 304 g/mol. The molecular formula is C18H28N2O2. The van der Waals surface area contributed by atoms with Crippen LogP contribution in [0.2, 0.25) is 0 Å². The van der Waals surface area contributed by atoms with Crippen LogP contribution in [0.4, 0.5) is 0 Å². The van der Waals surface area contributed by atoms with Crippen molar-refractivity contribution in [1.82, 2.24) is 5.32 Å². The van der Waals surface area contributed by atoms with Crippen LogP contribution in [0.3, 0.4) is 0 Å². The van der Waals surface area contributed by atoms with Crippen molar-refractivity contribution < 1.29 is 9.53 Å². The number of nitrogens with one attached hydrogen (secondary N) is 1. The Morgan fingerprint density at radius 2 is 2.09 bits per heavy atom. The van der Waals surface area contributed by atoms with Crippen molar-refractivity contribution in [2.75, 3.05) is 20.2 Å². The van der Waals surface area contributed by atoms with Crippen LogP contribution >= 0.6 is 0 Å². The van der Waals surface area contributed by atoms with Gasteiger partial charge in [-0.25, -0.2) is 0 Å². The highest BCUT2D eigenvalue weighted by molar-refractivity contribution is 5.88. The van der Waals surface area contributed by atoms with E-state index in [-0.39, 0.29) is 5.91 Å². The summed E-state index contributed by atoms with van der Waals surface area (Å²) in [6.07, 6.45) is 4.00. The number of amides is 1. The fourth-order valence-electron chi connectivity index (χ4n) is 3.26. The van der Waals surface area contributed by atoms with E-state index in [0.717, 1.165) is 42.6 Å². The SMILES string of the molecule is COc1cc(C2(C(=O)NCC(C)CN)CCCC2)ccc1C. The summed E-state index contributed by atoms with van der Waals surface area (Å²) in [6, 6.07) is 6.16. The second kappa shape index (κ2) is 7.14. The maximum atomic E-state index is 12.9. The Balaban J connectivity index is 2.26. The normalized spacial score (nSPS) is 18.0. The average molecular weight is 304 g/mol. The van der Waals surface area contributed by atoms with Crippen molar-refractivity contribution in [1.29, 1.82) is 0 Å². The molecule has 4 heteroatoms. The predicted molar refractivity (Wildman–Crippen MR) is 89.1 cm³/mol. The maximum Gasteiger partial charge on any atom is 0.230 e. The zero-order chi connectivity index (χ0) is 16.2. The number of hydrogen-bond acceptors (Lipinski definition) is 3. The first-order chi connectivity index (χ1) is 10.5. The minimum absolute atomic E-state index is 0.135. The van der Waals surface area contributed by atoms with Gasteiger partial charge in [0.05, 0.1) is 12.5 Å². The van der Waals surface area contributed by atoms with Crippen LogP contribution in [0.1, 0.15) is 43.7 Å². The topological polar surface area (TPSA) is 64.3 Å². The average Bonchev–Trinajstić information content (AvgIpc) is 3.03. The minimum Gasteiger partial charge on any atom is -0.496 e. The van der Waals surface area contributed by atoms with Gasteiger partial charge in [0.15, 0.2) is 0 Å². The van der Waals surface area contributed by atoms with Crippen molar-refractivity contribution in [2.24, 2.45) is 11.7 Å². The smallest absolute Gasteiger partial charge is 0.230 e. The Morgan fingerprint density at radius 3 is 2.68 bits per heavy atom. The summed E-state index contributed by atoms with van der Waals surface area (Å²) in [6.45, 7) is 5.30. The van der Waals surface area contributed by atoms with E-state index in [9.17, 15) is 4.79 Å². The fourth-order valence-corrected chi connectivity index (χ4v) is 3.26. The van der Waals surface area contributed by atoms with E-state index < -0.39 is 5.41 Å². The van der Waals surface area contributed by atoms with Crippen molar-refractivity contribution in [3.8, 4) is 5.75 Å². The van der Waals surface area contributed by atoms with Gasteiger partial charge in [-0.3, -0.25) is 4.79 Å². The molecule has 1 atom stereocenters. The van der Waals surface area contributed by atoms with E-state index in [1.54, 1.807) is 7.11 Å². The van der Waals surface area contributed by atoms with E-state index in [1.165, 1.54) is 0 Å². The van der Waals surface area contributed by atoms with Crippen molar-refractivity contribution >= 4 is 5.91 Å². The maximum absolute atomic E-state index is 12.9. The van der Waals surface area contributed by atoms with Crippen molar-refractivity contribution in [3.63, 3.8) is 0 Å². The fraction of sp³-hybridized carbons (Fsp3) is 0.611. The minimum atomic E-state index is -0.407. The number of benzene rings is 1. The lowest BCUT2D eigenvalue weighted by Crippen LogP contribution is -2.44. The van der Waals surface area contributed by atoms with Crippen LogP contribution < -0.4 is 15.8 Å². The van der Waals surface area contributed by atoms with Crippen LogP contribution in [0, 0.1) is 12.8 Å². The van der Waals surface area contributed by atoms with Gasteiger partial charge in [-0.1, -0.05) is 31.9 Å². The van der Waals surface area contributed by atoms with Gasteiger partial charge in [-0.2, -0.15) is 0 Å². The molecule has 0 aromatic heterocycles. The number of methoxy groups -OCH3 is 1. The molecule has 122 valence electrons. The molecule has 0 bridgehead atoms. The van der Waals surface area contributed by atoms with Crippen molar-refractivity contribution in [2.45, 2.75) is 44.9 Å². The summed E-state index contributed by atoms with van der Waals surface area (Å²) in [5.74, 6) is 1.29. The summed E-state index contributed by atoms with van der Waals surface area (Å²) in [7, 11) is 1.68. The molecule has 4 nitrogen and oxygen atoms in total. The largest absolute Gasteiger partial charge is 0.496 e. The zero-order valence-electron chi connectivity index (χ0n) is 13.9. The highest BCUT2D eigenvalue weighted by Crippen LogP contribution is 2.42. The standard InChI is InChI=1S/C18H28N2O2/c1-13(11-19)12-20-17(21)18(8-4-5-9-18)15-7-6-14(2)16(10-15)22-3/h6-7,10,13H,4-5,8-9,11-12,19H2,1-3H3,(H,20,21). The highest BCUT2D eigenvalue weighted by Gasteiger charge is 2.42. The third kappa shape index (κ3) is 3.27. The Labute approximate surface area is 133 Å². The number of aryl methyl sites for hydroxylation is 1. The molecule has 1 aromatic rings. The van der Waals surface area contributed by atoms with E-state index >= 15 is 0 Å². The number of carbonyl (C=O) groups is 1. The van der Waals surface area contributed by atoms with E-state index in [4.69, 9.17) is 10.5 Å². The lowest BCUT2D eigenvalue weighted by Gasteiger charge is -2.29. The molecule has 0 radical (unpaired) electrons. The molecule has 3 N–H and O–H groups in total. The van der Waals surface area contributed by atoms with Gasteiger partial charge < -0.3 is 15.8 Å². The molecule has 0 saturated heterocycles. The second-order valence-electron chi connectivity index (χ2n) is 6.52. The number of hydrogen-bond donors (Lipinski definition) is 2. The summed E-state index contributed by atoms with van der Waals surface area (Å²) in [5.41, 5.74) is 7.40. The van der Waals surface area contributed by atoms with E-state index in [1.807, 2.05) is 19.1 Å². The first-order valence-corrected chi connectivity index (χ1v) is 8.17. The first-order valence-electron chi connectivity index (χ1n) is 8.17. The van der Waals surface area contributed by atoms with Crippen LogP contribution in [0.25, 0.3) is 0 Å². The Hall–Kier alpha value is -1.55.